The number of hydrogen-bond acceptors (Lipinski definition) is 4. The van der Waals surface area contributed by atoms with Gasteiger partial charge in [0.15, 0.2) is 0 Å². The van der Waals surface area contributed by atoms with Gasteiger partial charge in [0, 0.05) is 6.20 Å². The average molecular weight is 286 g/mol. The first-order valence-corrected chi connectivity index (χ1v) is 6.47. The lowest BCUT2D eigenvalue weighted by atomic mass is 9.87. The lowest BCUT2D eigenvalue weighted by molar-refractivity contribution is -0.124. The maximum Gasteiger partial charge on any atom is 0.237 e. The van der Waals surface area contributed by atoms with Crippen molar-refractivity contribution in [3.05, 3.63) is 23.4 Å². The molecular weight excluding hydrogens is 266 g/mol. The van der Waals surface area contributed by atoms with Gasteiger partial charge in [0.05, 0.1) is 12.6 Å². The first-order chi connectivity index (χ1) is 8.82. The van der Waals surface area contributed by atoms with Gasteiger partial charge in [-0.3, -0.25) is 4.79 Å². The molecule has 106 valence electrons. The molecule has 6 heteroatoms. The molecule has 0 fully saturated rings. The van der Waals surface area contributed by atoms with E-state index < -0.39 is 6.04 Å². The van der Waals surface area contributed by atoms with E-state index in [1.807, 2.05) is 20.8 Å². The Morgan fingerprint density at radius 2 is 2.26 bits per heavy atom. The van der Waals surface area contributed by atoms with Crippen molar-refractivity contribution in [2.75, 3.05) is 13.2 Å². The Bertz CT molecular complexity index is 432. The molecule has 3 N–H and O–H groups in total. The third kappa shape index (κ3) is 5.04. The molecule has 1 rings (SSSR count). The third-order valence-corrected chi connectivity index (χ3v) is 2.87. The molecule has 0 radical (unpaired) electrons. The van der Waals surface area contributed by atoms with Crippen LogP contribution in [-0.4, -0.2) is 30.1 Å². The zero-order chi connectivity index (χ0) is 14.5. The van der Waals surface area contributed by atoms with Gasteiger partial charge in [-0.2, -0.15) is 0 Å². The van der Waals surface area contributed by atoms with Gasteiger partial charge in [0.2, 0.25) is 11.8 Å². The van der Waals surface area contributed by atoms with Crippen LogP contribution < -0.4 is 15.8 Å². The number of hydrogen-bond donors (Lipinski definition) is 2. The van der Waals surface area contributed by atoms with E-state index in [0.29, 0.717) is 24.1 Å². The van der Waals surface area contributed by atoms with Crippen molar-refractivity contribution in [3.8, 4) is 5.88 Å². The smallest absolute Gasteiger partial charge is 0.237 e. The minimum Gasteiger partial charge on any atom is -0.475 e. The van der Waals surface area contributed by atoms with Crippen molar-refractivity contribution in [2.45, 2.75) is 26.8 Å². The number of pyridine rings is 1. The van der Waals surface area contributed by atoms with Crippen molar-refractivity contribution < 1.29 is 9.53 Å². The number of halogens is 1. The predicted molar refractivity (Wildman–Crippen MR) is 75.2 cm³/mol. The van der Waals surface area contributed by atoms with Gasteiger partial charge in [-0.15, -0.1) is 0 Å². The quantitative estimate of drug-likeness (QED) is 0.806. The second-order valence-corrected chi connectivity index (χ2v) is 5.68. The molecule has 19 heavy (non-hydrogen) atoms. The fraction of sp³-hybridized carbons (Fsp3) is 0.538. The number of amides is 1. The number of ether oxygens (including phenoxy) is 1. The van der Waals surface area contributed by atoms with E-state index in [4.69, 9.17) is 22.1 Å². The molecule has 1 aromatic rings. The Morgan fingerprint density at radius 3 is 2.84 bits per heavy atom. The van der Waals surface area contributed by atoms with Crippen LogP contribution in [0.2, 0.25) is 5.02 Å². The highest BCUT2D eigenvalue weighted by molar-refractivity contribution is 6.31. The van der Waals surface area contributed by atoms with Gasteiger partial charge in [-0.1, -0.05) is 32.4 Å². The monoisotopic (exact) mass is 285 g/mol. The summed E-state index contributed by atoms with van der Waals surface area (Å²) in [5.74, 6) is 0.168. The summed E-state index contributed by atoms with van der Waals surface area (Å²) in [5, 5.41) is 3.16. The van der Waals surface area contributed by atoms with Gasteiger partial charge >= 0.3 is 0 Å². The fourth-order valence-corrected chi connectivity index (χ4v) is 1.48. The van der Waals surface area contributed by atoms with Gasteiger partial charge in [-0.25, -0.2) is 4.98 Å². The Labute approximate surface area is 118 Å². The van der Waals surface area contributed by atoms with Crippen molar-refractivity contribution in [2.24, 2.45) is 11.1 Å². The number of rotatable bonds is 5. The minimum atomic E-state index is -0.550. The molecule has 0 aliphatic carbocycles. The summed E-state index contributed by atoms with van der Waals surface area (Å²) in [4.78, 5) is 15.7. The number of aromatic nitrogens is 1. The van der Waals surface area contributed by atoms with Crippen molar-refractivity contribution in [1.29, 1.82) is 0 Å². The summed E-state index contributed by atoms with van der Waals surface area (Å²) >= 11 is 5.88. The van der Waals surface area contributed by atoms with Gasteiger partial charge in [0.1, 0.15) is 11.6 Å². The summed E-state index contributed by atoms with van der Waals surface area (Å²) in [6.45, 7) is 6.40. The topological polar surface area (TPSA) is 77.2 Å². The Hall–Kier alpha value is -1.33. The van der Waals surface area contributed by atoms with Crippen LogP contribution in [0.3, 0.4) is 0 Å². The molecule has 1 amide bonds. The number of nitrogens with one attached hydrogen (secondary N) is 1. The highest BCUT2D eigenvalue weighted by atomic mass is 35.5. The van der Waals surface area contributed by atoms with Gasteiger partial charge in [-0.05, 0) is 17.5 Å². The molecule has 0 aliphatic rings. The van der Waals surface area contributed by atoms with Crippen LogP contribution in [-0.2, 0) is 4.79 Å². The SMILES string of the molecule is CC(C)(C)[C@H](N)C(=O)NCCOc1ncccc1Cl. The van der Waals surface area contributed by atoms with Crippen LogP contribution >= 0.6 is 11.6 Å². The van der Waals surface area contributed by atoms with Crippen LogP contribution in [0.25, 0.3) is 0 Å². The van der Waals surface area contributed by atoms with Gasteiger partial charge < -0.3 is 15.8 Å². The van der Waals surface area contributed by atoms with Crippen molar-refractivity contribution >= 4 is 17.5 Å². The van der Waals surface area contributed by atoms with E-state index in [9.17, 15) is 4.79 Å². The van der Waals surface area contributed by atoms with Crippen LogP contribution in [0.15, 0.2) is 18.3 Å². The van der Waals surface area contributed by atoms with E-state index in [2.05, 4.69) is 10.3 Å². The minimum absolute atomic E-state index is 0.191. The van der Waals surface area contributed by atoms with Crippen LogP contribution in [0, 0.1) is 5.41 Å². The second kappa shape index (κ2) is 6.73. The predicted octanol–water partition coefficient (Wildman–Crippen LogP) is 1.60. The van der Waals surface area contributed by atoms with Crippen LogP contribution in [0.5, 0.6) is 5.88 Å². The maximum atomic E-state index is 11.7. The molecule has 1 atom stereocenters. The molecule has 0 unspecified atom stereocenters. The lowest BCUT2D eigenvalue weighted by Crippen LogP contribution is -2.49. The van der Waals surface area contributed by atoms with E-state index in [0.717, 1.165) is 0 Å². The van der Waals surface area contributed by atoms with Crippen molar-refractivity contribution in [3.63, 3.8) is 0 Å². The van der Waals surface area contributed by atoms with Gasteiger partial charge in [0.25, 0.3) is 0 Å². The zero-order valence-electron chi connectivity index (χ0n) is 11.4. The number of carbonyl (C=O) groups excluding carboxylic acids is 1. The van der Waals surface area contributed by atoms with E-state index in [-0.39, 0.29) is 11.3 Å². The Morgan fingerprint density at radius 1 is 1.58 bits per heavy atom. The lowest BCUT2D eigenvalue weighted by Gasteiger charge is -2.25. The Balaban J connectivity index is 2.32. The summed E-state index contributed by atoms with van der Waals surface area (Å²) in [6.07, 6.45) is 1.59. The third-order valence-electron chi connectivity index (χ3n) is 2.58. The molecule has 1 heterocycles. The molecule has 0 spiro atoms. The Kier molecular flexibility index (Phi) is 5.57. The molecule has 0 saturated carbocycles. The van der Waals surface area contributed by atoms with E-state index in [1.165, 1.54) is 0 Å². The molecule has 0 aromatic carbocycles. The van der Waals surface area contributed by atoms with E-state index >= 15 is 0 Å². The average Bonchev–Trinajstić information content (AvgIpc) is 2.34. The van der Waals surface area contributed by atoms with Crippen molar-refractivity contribution in [1.82, 2.24) is 10.3 Å². The summed E-state index contributed by atoms with van der Waals surface area (Å²) in [5.41, 5.74) is 5.56. The summed E-state index contributed by atoms with van der Waals surface area (Å²) < 4.78 is 5.35. The molecule has 0 saturated heterocycles. The number of nitrogens with zero attached hydrogens (tertiary/aromatic N) is 1. The standard InChI is InChI=1S/C13H20ClN3O2/c1-13(2,3)10(15)11(18)16-7-8-19-12-9(14)5-4-6-17-12/h4-6,10H,7-8,15H2,1-3H3,(H,16,18)/t10-/m1/s1. The molecule has 5 nitrogen and oxygen atoms in total. The van der Waals surface area contributed by atoms with E-state index in [1.54, 1.807) is 18.3 Å². The molecule has 1 aromatic heterocycles. The maximum absolute atomic E-state index is 11.7. The van der Waals surface area contributed by atoms with Crippen LogP contribution in [0.1, 0.15) is 20.8 Å². The number of nitrogens with two attached hydrogens (primary N) is 1. The number of carbonyl (C=O) groups is 1. The molecule has 0 aliphatic heterocycles. The van der Waals surface area contributed by atoms with Crippen LogP contribution in [0.4, 0.5) is 0 Å². The fourth-order valence-electron chi connectivity index (χ4n) is 1.30. The zero-order valence-corrected chi connectivity index (χ0v) is 12.2. The highest BCUT2D eigenvalue weighted by Gasteiger charge is 2.26. The summed E-state index contributed by atoms with van der Waals surface area (Å²) in [6, 6.07) is 2.86. The first-order valence-electron chi connectivity index (χ1n) is 6.09. The summed E-state index contributed by atoms with van der Waals surface area (Å²) in [7, 11) is 0. The molecule has 0 bridgehead atoms. The highest BCUT2D eigenvalue weighted by Crippen LogP contribution is 2.19. The largest absolute Gasteiger partial charge is 0.475 e. The first kappa shape index (κ1) is 15.7. The normalized spacial score (nSPS) is 12.9. The molecular formula is C13H20ClN3O2. The second-order valence-electron chi connectivity index (χ2n) is 5.27.